The zero-order valence-electron chi connectivity index (χ0n) is 26.1. The number of unbranched alkanes of at least 4 members (excludes halogenated alkanes) is 6. The molecule has 0 unspecified atom stereocenters. The minimum absolute atomic E-state index is 0.376. The normalized spacial score (nSPS) is 14.2. The Morgan fingerprint density at radius 1 is 0.344 bits per heavy atom. The van der Waals surface area contributed by atoms with Crippen molar-refractivity contribution in [3.05, 3.63) is 0 Å². The predicted octanol–water partition coefficient (Wildman–Crippen LogP) is 12.1. The van der Waals surface area contributed by atoms with E-state index in [1.54, 1.807) is 0 Å². The van der Waals surface area contributed by atoms with Crippen LogP contribution in [-0.2, 0) is 0 Å². The molecule has 0 spiro atoms. The van der Waals surface area contributed by atoms with Crippen LogP contribution in [0.5, 0.6) is 0 Å². The van der Waals surface area contributed by atoms with Gasteiger partial charge in [-0.15, -0.1) is 0 Å². The van der Waals surface area contributed by atoms with Gasteiger partial charge < -0.3 is 0 Å². The highest BCUT2D eigenvalue weighted by Gasteiger charge is 2.45. The van der Waals surface area contributed by atoms with Crippen molar-refractivity contribution in [1.29, 1.82) is 0 Å². The molecule has 0 aliphatic heterocycles. The van der Waals surface area contributed by atoms with Crippen LogP contribution in [0.1, 0.15) is 175 Å². The summed E-state index contributed by atoms with van der Waals surface area (Å²) in [6, 6.07) is 0. The van der Waals surface area contributed by atoms with E-state index in [0.717, 1.165) is 0 Å². The van der Waals surface area contributed by atoms with Crippen LogP contribution < -0.4 is 0 Å². The van der Waals surface area contributed by atoms with Crippen molar-refractivity contribution in [3.8, 4) is 0 Å². The third kappa shape index (κ3) is 10.1. The summed E-state index contributed by atoms with van der Waals surface area (Å²) in [5, 5.41) is 0. The van der Waals surface area contributed by atoms with Gasteiger partial charge in [-0.25, -0.2) is 0 Å². The molecule has 0 aliphatic rings. The Labute approximate surface area is 207 Å². The van der Waals surface area contributed by atoms with Crippen LogP contribution >= 0.6 is 0 Å². The summed E-state index contributed by atoms with van der Waals surface area (Å²) in [6.45, 7) is 38.4. The van der Waals surface area contributed by atoms with E-state index in [9.17, 15) is 0 Å². The third-order valence-corrected chi connectivity index (χ3v) is 10.4. The van der Waals surface area contributed by atoms with Crippen LogP contribution in [0.4, 0.5) is 0 Å². The Morgan fingerprint density at radius 2 is 0.594 bits per heavy atom. The summed E-state index contributed by atoms with van der Waals surface area (Å²) in [6.07, 6.45) is 13.8. The molecule has 0 nitrogen and oxygen atoms in total. The van der Waals surface area contributed by atoms with Gasteiger partial charge in [-0.3, -0.25) is 0 Å². The minimum Gasteiger partial charge on any atom is -0.0654 e. The summed E-state index contributed by atoms with van der Waals surface area (Å²) in [7, 11) is 0. The van der Waals surface area contributed by atoms with Gasteiger partial charge in [-0.1, -0.05) is 162 Å². The van der Waals surface area contributed by atoms with E-state index >= 15 is 0 Å². The van der Waals surface area contributed by atoms with Crippen molar-refractivity contribution in [3.63, 3.8) is 0 Å². The molecule has 0 rings (SSSR count). The van der Waals surface area contributed by atoms with Crippen molar-refractivity contribution in [2.24, 2.45) is 32.5 Å². The highest BCUT2D eigenvalue weighted by Crippen LogP contribution is 2.54. The summed E-state index contributed by atoms with van der Waals surface area (Å²) in [4.78, 5) is 0. The molecule has 196 valence electrons. The topological polar surface area (TPSA) is 0 Å². The van der Waals surface area contributed by atoms with Gasteiger partial charge in [0.2, 0.25) is 0 Å². The van der Waals surface area contributed by atoms with Gasteiger partial charge in [0.05, 0.1) is 0 Å². The van der Waals surface area contributed by atoms with Crippen LogP contribution in [0, 0.1) is 32.5 Å². The van der Waals surface area contributed by atoms with Gasteiger partial charge in [-0.05, 0) is 45.3 Å². The fourth-order valence-electron chi connectivity index (χ4n) is 4.64. The summed E-state index contributed by atoms with van der Waals surface area (Å²) >= 11 is 0. The van der Waals surface area contributed by atoms with E-state index in [2.05, 4.69) is 111 Å². The molecule has 0 heteroatoms. The van der Waals surface area contributed by atoms with Gasteiger partial charge in [0.1, 0.15) is 0 Å². The largest absolute Gasteiger partial charge is 0.0654 e. The molecule has 0 fully saturated rings. The molecule has 0 atom stereocenters. The van der Waals surface area contributed by atoms with Gasteiger partial charge in [0.15, 0.2) is 0 Å². The summed E-state index contributed by atoms with van der Waals surface area (Å²) in [5.74, 6) is 0. The first-order valence-corrected chi connectivity index (χ1v) is 14.1. The lowest BCUT2D eigenvalue weighted by atomic mass is 9.54. The van der Waals surface area contributed by atoms with Crippen molar-refractivity contribution >= 4 is 0 Å². The van der Waals surface area contributed by atoms with E-state index in [1.807, 2.05) is 0 Å². The maximum Gasteiger partial charge on any atom is -0.0254 e. The molecule has 0 radical (unpaired) electrons. The van der Waals surface area contributed by atoms with Crippen LogP contribution in [-0.4, -0.2) is 0 Å². The van der Waals surface area contributed by atoms with Crippen molar-refractivity contribution in [1.82, 2.24) is 0 Å². The van der Waals surface area contributed by atoms with Gasteiger partial charge in [-0.2, -0.15) is 0 Å². The van der Waals surface area contributed by atoms with E-state index in [0.29, 0.717) is 32.5 Å². The molecular formula is C32H68. The molecule has 0 aromatic rings. The predicted molar refractivity (Wildman–Crippen MR) is 152 cm³/mol. The Bertz CT molecular complexity index is 427. The first kappa shape index (κ1) is 34.2. The minimum atomic E-state index is 0.376. The van der Waals surface area contributed by atoms with Crippen molar-refractivity contribution < 1.29 is 0 Å². The lowest BCUT2D eigenvalue weighted by molar-refractivity contribution is -0.0148. The van der Waals surface area contributed by atoms with Gasteiger partial charge in [0, 0.05) is 0 Å². The molecule has 0 aromatic heterocycles. The Balaban J connectivity index is 0. The van der Waals surface area contributed by atoms with Gasteiger partial charge >= 0.3 is 0 Å². The molecule has 0 bridgehead atoms. The molecule has 0 N–H and O–H groups in total. The second-order valence-electron chi connectivity index (χ2n) is 15.1. The smallest absolute Gasteiger partial charge is 0.0254 e. The molecule has 0 aliphatic carbocycles. The third-order valence-electron chi connectivity index (χ3n) is 10.4. The molecule has 0 heterocycles. The summed E-state index contributed by atoms with van der Waals surface area (Å²) in [5.41, 5.74) is 2.37. The average Bonchev–Trinajstić information content (AvgIpc) is 2.61. The first-order chi connectivity index (χ1) is 14.1. The second-order valence-corrected chi connectivity index (χ2v) is 15.1. The first-order valence-electron chi connectivity index (χ1n) is 14.1. The summed E-state index contributed by atoms with van der Waals surface area (Å²) < 4.78 is 0. The molecule has 32 heavy (non-hydrogen) atoms. The molecular weight excluding hydrogens is 384 g/mol. The van der Waals surface area contributed by atoms with Crippen LogP contribution in [0.3, 0.4) is 0 Å². The van der Waals surface area contributed by atoms with Crippen molar-refractivity contribution in [2.75, 3.05) is 0 Å². The lowest BCUT2D eigenvalue weighted by Crippen LogP contribution is -2.42. The zero-order chi connectivity index (χ0) is 26.1. The van der Waals surface area contributed by atoms with Crippen molar-refractivity contribution in [2.45, 2.75) is 175 Å². The molecule has 0 saturated heterocycles. The monoisotopic (exact) mass is 453 g/mol. The second kappa shape index (κ2) is 13.2. The molecule has 0 aromatic carbocycles. The van der Waals surface area contributed by atoms with Gasteiger partial charge in [0.25, 0.3) is 0 Å². The average molecular weight is 453 g/mol. The molecule has 0 saturated carbocycles. The Kier molecular flexibility index (Phi) is 14.1. The number of hydrogen-bond acceptors (Lipinski definition) is 0. The van der Waals surface area contributed by atoms with E-state index < -0.39 is 0 Å². The van der Waals surface area contributed by atoms with Crippen LogP contribution in [0.15, 0.2) is 0 Å². The number of rotatable bonds is 12. The van der Waals surface area contributed by atoms with E-state index in [1.165, 1.54) is 64.2 Å². The quantitative estimate of drug-likeness (QED) is 0.258. The SMILES string of the molecule is CCCCCCC(C)(C)C(C)(C)C(C)(C)C.CCCCCCC(C)(C)C(C)(C)C(C)(C)C. The number of hydrogen-bond donors (Lipinski definition) is 0. The fraction of sp³-hybridized carbons (Fsp3) is 1.00. The highest BCUT2D eigenvalue weighted by molar-refractivity contribution is 4.95. The van der Waals surface area contributed by atoms with E-state index in [-0.39, 0.29) is 0 Å². The maximum absolute atomic E-state index is 2.45. The highest BCUT2D eigenvalue weighted by atomic mass is 14.5. The van der Waals surface area contributed by atoms with Crippen LogP contribution in [0.2, 0.25) is 0 Å². The lowest BCUT2D eigenvalue weighted by Gasteiger charge is -2.51. The van der Waals surface area contributed by atoms with Crippen LogP contribution in [0.25, 0.3) is 0 Å². The fourth-order valence-corrected chi connectivity index (χ4v) is 4.64. The zero-order valence-corrected chi connectivity index (χ0v) is 26.1. The molecule has 0 amide bonds. The standard InChI is InChI=1S/2C16H34/c2*1-9-10-11-12-13-15(5,6)16(7,8)14(2,3)4/h2*9-13H2,1-8H3. The van der Waals surface area contributed by atoms with E-state index in [4.69, 9.17) is 0 Å². The maximum atomic E-state index is 2.45. The Hall–Kier alpha value is 0. The Morgan fingerprint density at radius 3 is 0.781 bits per heavy atom.